The highest BCUT2D eigenvalue weighted by molar-refractivity contribution is 6.00. The van der Waals surface area contributed by atoms with Gasteiger partial charge in [-0.3, -0.25) is 0 Å². The van der Waals surface area contributed by atoms with Crippen molar-refractivity contribution in [3.63, 3.8) is 0 Å². The molecule has 0 saturated carbocycles. The third kappa shape index (κ3) is 2.33. The number of hydrogen-bond donors (Lipinski definition) is 1. The summed E-state index contributed by atoms with van der Waals surface area (Å²) in [5.74, 6) is -0.593. The number of carboxylic acids is 1. The Morgan fingerprint density at radius 1 is 1.19 bits per heavy atom. The molecular weight excluding hydrogens is 268 g/mol. The number of anilines is 1. The molecule has 106 valence electrons. The van der Waals surface area contributed by atoms with Crippen molar-refractivity contribution in [1.29, 1.82) is 0 Å². The maximum atomic E-state index is 11.2. The highest BCUT2D eigenvalue weighted by Gasteiger charge is 2.15. The topological polar surface area (TPSA) is 66.6 Å². The van der Waals surface area contributed by atoms with Crippen LogP contribution in [0.15, 0.2) is 46.9 Å². The van der Waals surface area contributed by atoms with Gasteiger partial charge in [0.25, 0.3) is 0 Å². The lowest BCUT2D eigenvalue weighted by atomic mass is 10.2. The van der Waals surface area contributed by atoms with Crippen molar-refractivity contribution in [2.24, 2.45) is 0 Å². The molecule has 21 heavy (non-hydrogen) atoms. The van der Waals surface area contributed by atoms with Crippen LogP contribution in [0.25, 0.3) is 22.6 Å². The van der Waals surface area contributed by atoms with E-state index in [0.29, 0.717) is 17.0 Å². The number of para-hydroxylation sites is 1. The minimum absolute atomic E-state index is 0.145. The van der Waals surface area contributed by atoms with E-state index in [9.17, 15) is 9.90 Å². The number of aromatic nitrogens is 1. The molecule has 0 saturated heterocycles. The van der Waals surface area contributed by atoms with Crippen molar-refractivity contribution in [3.8, 4) is 11.5 Å². The Morgan fingerprint density at radius 3 is 2.67 bits per heavy atom. The molecule has 0 bridgehead atoms. The van der Waals surface area contributed by atoms with Crippen LogP contribution in [0.5, 0.6) is 0 Å². The van der Waals surface area contributed by atoms with E-state index < -0.39 is 5.97 Å². The molecule has 5 heteroatoms. The number of nitrogens with zero attached hydrogens (tertiary/aromatic N) is 2. The van der Waals surface area contributed by atoms with Crippen molar-refractivity contribution in [3.05, 3.63) is 48.0 Å². The van der Waals surface area contributed by atoms with Gasteiger partial charge in [-0.2, -0.15) is 0 Å². The smallest absolute Gasteiger partial charge is 0.338 e. The monoisotopic (exact) mass is 282 g/mol. The standard InChI is InChI=1S/C16H14N2O3/c1-18(2)11-6-3-5-10(9-11)15-17-14-12(16(19)20)7-4-8-13(14)21-15/h3-9H,1-2H3,(H,19,20). The summed E-state index contributed by atoms with van der Waals surface area (Å²) >= 11 is 0. The van der Waals surface area contributed by atoms with Crippen LogP contribution < -0.4 is 4.90 Å². The molecule has 5 nitrogen and oxygen atoms in total. The van der Waals surface area contributed by atoms with E-state index in [0.717, 1.165) is 11.3 Å². The zero-order chi connectivity index (χ0) is 15.0. The van der Waals surface area contributed by atoms with Gasteiger partial charge in [0, 0.05) is 25.3 Å². The second-order valence-electron chi connectivity index (χ2n) is 4.92. The molecule has 3 rings (SSSR count). The molecule has 1 N–H and O–H groups in total. The van der Waals surface area contributed by atoms with E-state index in [2.05, 4.69) is 4.98 Å². The lowest BCUT2D eigenvalue weighted by Gasteiger charge is -2.12. The molecule has 0 amide bonds. The third-order valence-electron chi connectivity index (χ3n) is 3.26. The summed E-state index contributed by atoms with van der Waals surface area (Å²) in [4.78, 5) is 17.5. The first-order valence-electron chi connectivity index (χ1n) is 6.47. The predicted molar refractivity (Wildman–Crippen MR) is 80.7 cm³/mol. The van der Waals surface area contributed by atoms with E-state index in [4.69, 9.17) is 4.42 Å². The number of benzene rings is 2. The molecule has 1 aromatic heterocycles. The Morgan fingerprint density at radius 2 is 1.95 bits per heavy atom. The maximum Gasteiger partial charge on any atom is 0.338 e. The Kier molecular flexibility index (Phi) is 3.10. The average molecular weight is 282 g/mol. The van der Waals surface area contributed by atoms with Crippen molar-refractivity contribution < 1.29 is 14.3 Å². The Labute approximate surface area is 121 Å². The fourth-order valence-corrected chi connectivity index (χ4v) is 2.16. The number of carboxylic acid groups (broad SMARTS) is 1. The largest absolute Gasteiger partial charge is 0.478 e. The Hall–Kier alpha value is -2.82. The van der Waals surface area contributed by atoms with Crippen molar-refractivity contribution >= 4 is 22.8 Å². The molecule has 0 atom stereocenters. The summed E-state index contributed by atoms with van der Waals surface area (Å²) < 4.78 is 5.69. The first-order chi connectivity index (χ1) is 10.1. The van der Waals surface area contributed by atoms with Gasteiger partial charge in [-0.25, -0.2) is 9.78 Å². The summed E-state index contributed by atoms with van der Waals surface area (Å²) in [6.07, 6.45) is 0. The SMILES string of the molecule is CN(C)c1cccc(-c2nc3c(C(=O)O)cccc3o2)c1. The average Bonchev–Trinajstić information content (AvgIpc) is 2.91. The number of hydrogen-bond acceptors (Lipinski definition) is 4. The van der Waals surface area contributed by atoms with Gasteiger partial charge in [0.05, 0.1) is 5.56 Å². The number of fused-ring (bicyclic) bond motifs is 1. The minimum atomic E-state index is -1.01. The van der Waals surface area contributed by atoms with Gasteiger partial charge in [-0.15, -0.1) is 0 Å². The molecule has 0 aliphatic heterocycles. The van der Waals surface area contributed by atoms with Gasteiger partial charge in [0.1, 0.15) is 5.52 Å². The van der Waals surface area contributed by atoms with Crippen LogP contribution in [0.4, 0.5) is 5.69 Å². The quantitative estimate of drug-likeness (QED) is 0.798. The van der Waals surface area contributed by atoms with Gasteiger partial charge in [0.2, 0.25) is 5.89 Å². The number of rotatable bonds is 3. The molecule has 0 radical (unpaired) electrons. The van der Waals surface area contributed by atoms with Crippen LogP contribution in [0, 0.1) is 0 Å². The van der Waals surface area contributed by atoms with Crippen molar-refractivity contribution in [1.82, 2.24) is 4.98 Å². The van der Waals surface area contributed by atoms with Gasteiger partial charge in [0.15, 0.2) is 5.58 Å². The minimum Gasteiger partial charge on any atom is -0.478 e. The zero-order valence-corrected chi connectivity index (χ0v) is 11.7. The molecule has 2 aromatic carbocycles. The second kappa shape index (κ2) is 4.94. The van der Waals surface area contributed by atoms with Gasteiger partial charge in [-0.05, 0) is 30.3 Å². The number of carbonyl (C=O) groups is 1. The second-order valence-corrected chi connectivity index (χ2v) is 4.92. The van der Waals surface area contributed by atoms with Crippen LogP contribution in [0.2, 0.25) is 0 Å². The summed E-state index contributed by atoms with van der Waals surface area (Å²) in [5.41, 5.74) is 2.82. The van der Waals surface area contributed by atoms with Gasteiger partial charge >= 0.3 is 5.97 Å². The highest BCUT2D eigenvalue weighted by atomic mass is 16.4. The first-order valence-corrected chi connectivity index (χ1v) is 6.47. The van der Waals surface area contributed by atoms with Crippen molar-refractivity contribution in [2.45, 2.75) is 0 Å². The van der Waals surface area contributed by atoms with Gasteiger partial charge in [-0.1, -0.05) is 12.1 Å². The van der Waals surface area contributed by atoms with Gasteiger partial charge < -0.3 is 14.4 Å². The number of oxazole rings is 1. The normalized spacial score (nSPS) is 10.8. The van der Waals surface area contributed by atoms with E-state index in [1.807, 2.05) is 43.3 Å². The summed E-state index contributed by atoms with van der Waals surface area (Å²) in [5, 5.41) is 9.19. The fourth-order valence-electron chi connectivity index (χ4n) is 2.16. The predicted octanol–water partition coefficient (Wildman–Crippen LogP) is 3.26. The first kappa shape index (κ1) is 13.2. The van der Waals surface area contributed by atoms with Crippen molar-refractivity contribution in [2.75, 3.05) is 19.0 Å². The molecular formula is C16H14N2O3. The molecule has 0 fully saturated rings. The van der Waals surface area contributed by atoms with Crippen LogP contribution in [-0.4, -0.2) is 30.2 Å². The van der Waals surface area contributed by atoms with E-state index in [1.165, 1.54) is 6.07 Å². The lowest BCUT2D eigenvalue weighted by Crippen LogP contribution is -2.08. The van der Waals surface area contributed by atoms with Crippen LogP contribution >= 0.6 is 0 Å². The number of aromatic carboxylic acids is 1. The summed E-state index contributed by atoms with van der Waals surface area (Å²) in [7, 11) is 3.90. The van der Waals surface area contributed by atoms with E-state index >= 15 is 0 Å². The third-order valence-corrected chi connectivity index (χ3v) is 3.26. The molecule has 0 unspecified atom stereocenters. The Balaban J connectivity index is 2.15. The van der Waals surface area contributed by atoms with Crippen LogP contribution in [0.1, 0.15) is 10.4 Å². The molecule has 0 aliphatic rings. The lowest BCUT2D eigenvalue weighted by molar-refractivity contribution is 0.0699. The van der Waals surface area contributed by atoms with E-state index in [-0.39, 0.29) is 5.56 Å². The fraction of sp³-hybridized carbons (Fsp3) is 0.125. The maximum absolute atomic E-state index is 11.2. The van der Waals surface area contributed by atoms with Crippen LogP contribution in [0.3, 0.4) is 0 Å². The molecule has 1 heterocycles. The summed E-state index contributed by atoms with van der Waals surface area (Å²) in [6.45, 7) is 0. The molecule has 3 aromatic rings. The molecule has 0 spiro atoms. The highest BCUT2D eigenvalue weighted by Crippen LogP contribution is 2.28. The van der Waals surface area contributed by atoms with Crippen LogP contribution in [-0.2, 0) is 0 Å². The Bertz CT molecular complexity index is 821. The molecule has 0 aliphatic carbocycles. The summed E-state index contributed by atoms with van der Waals surface area (Å²) in [6, 6.07) is 12.6. The zero-order valence-electron chi connectivity index (χ0n) is 11.7. The van der Waals surface area contributed by atoms with E-state index in [1.54, 1.807) is 12.1 Å².